The molecule has 1 aliphatic rings. The highest BCUT2D eigenvalue weighted by Crippen LogP contribution is 2.32. The summed E-state index contributed by atoms with van der Waals surface area (Å²) in [5.74, 6) is 0.819. The molecular weight excluding hydrogens is 444 g/mol. The summed E-state index contributed by atoms with van der Waals surface area (Å²) in [5, 5.41) is 11.8. The van der Waals surface area contributed by atoms with Crippen LogP contribution in [0.1, 0.15) is 25.8 Å². The number of methoxy groups -OCH3 is 1. The number of benzene rings is 2. The summed E-state index contributed by atoms with van der Waals surface area (Å²) in [7, 11) is -2.13. The lowest BCUT2D eigenvalue weighted by Gasteiger charge is -2.24. The van der Waals surface area contributed by atoms with Crippen LogP contribution in [0.3, 0.4) is 0 Å². The summed E-state index contributed by atoms with van der Waals surface area (Å²) < 4.78 is 32.2. The SMILES string of the molecule is CCN(CC)S(=O)(=O)c1ccc(N2CCCN(Cc3ccc(OC)cc3)CC2)c([N+](=O)[O-])c1. The highest BCUT2D eigenvalue weighted by atomic mass is 32.2. The highest BCUT2D eigenvalue weighted by Gasteiger charge is 2.28. The summed E-state index contributed by atoms with van der Waals surface area (Å²) in [6.07, 6.45) is 0.854. The molecule has 0 aromatic heterocycles. The van der Waals surface area contributed by atoms with Crippen molar-refractivity contribution in [3.63, 3.8) is 0 Å². The van der Waals surface area contributed by atoms with Crippen molar-refractivity contribution >= 4 is 21.4 Å². The Morgan fingerprint density at radius 2 is 1.73 bits per heavy atom. The van der Waals surface area contributed by atoms with E-state index in [1.54, 1.807) is 27.0 Å². The van der Waals surface area contributed by atoms with Crippen LogP contribution >= 0.6 is 0 Å². The maximum Gasteiger partial charge on any atom is 0.293 e. The average molecular weight is 477 g/mol. The second-order valence-electron chi connectivity index (χ2n) is 7.96. The summed E-state index contributed by atoms with van der Waals surface area (Å²) in [4.78, 5) is 15.6. The second kappa shape index (κ2) is 11.0. The Labute approximate surface area is 195 Å². The highest BCUT2D eigenvalue weighted by molar-refractivity contribution is 7.89. The number of hydrogen-bond acceptors (Lipinski definition) is 7. The number of rotatable bonds is 9. The van der Waals surface area contributed by atoms with Gasteiger partial charge in [0.15, 0.2) is 0 Å². The van der Waals surface area contributed by atoms with Crippen LogP contribution in [-0.4, -0.2) is 68.9 Å². The maximum atomic E-state index is 12.8. The Bertz CT molecular complexity index is 1060. The van der Waals surface area contributed by atoms with Crippen molar-refractivity contribution in [3.05, 3.63) is 58.1 Å². The van der Waals surface area contributed by atoms with E-state index >= 15 is 0 Å². The molecule has 0 aliphatic carbocycles. The van der Waals surface area contributed by atoms with E-state index < -0.39 is 14.9 Å². The first-order chi connectivity index (χ1) is 15.8. The van der Waals surface area contributed by atoms with E-state index in [-0.39, 0.29) is 10.6 Å². The van der Waals surface area contributed by atoms with Gasteiger partial charge < -0.3 is 9.64 Å². The number of nitro benzene ring substituents is 1. The third kappa shape index (κ3) is 5.82. The van der Waals surface area contributed by atoms with Crippen molar-refractivity contribution in [3.8, 4) is 5.75 Å². The van der Waals surface area contributed by atoms with Gasteiger partial charge in [-0.3, -0.25) is 15.0 Å². The molecule has 0 bridgehead atoms. The normalized spacial score (nSPS) is 15.5. The van der Waals surface area contributed by atoms with Gasteiger partial charge in [0.25, 0.3) is 5.69 Å². The fourth-order valence-electron chi connectivity index (χ4n) is 4.15. The molecule has 2 aromatic carbocycles. The van der Waals surface area contributed by atoms with Gasteiger partial charge in [-0.1, -0.05) is 26.0 Å². The zero-order chi connectivity index (χ0) is 24.0. The maximum absolute atomic E-state index is 12.8. The Kier molecular flexibility index (Phi) is 8.28. The zero-order valence-electron chi connectivity index (χ0n) is 19.4. The second-order valence-corrected chi connectivity index (χ2v) is 9.90. The minimum Gasteiger partial charge on any atom is -0.497 e. The fraction of sp³-hybridized carbons (Fsp3) is 0.478. The lowest BCUT2D eigenvalue weighted by Crippen LogP contribution is -2.32. The zero-order valence-corrected chi connectivity index (χ0v) is 20.3. The van der Waals surface area contributed by atoms with Crippen molar-refractivity contribution in [2.24, 2.45) is 0 Å². The number of nitro groups is 1. The molecule has 0 unspecified atom stereocenters. The molecule has 1 fully saturated rings. The smallest absolute Gasteiger partial charge is 0.293 e. The number of sulfonamides is 1. The summed E-state index contributed by atoms with van der Waals surface area (Å²) in [5.41, 5.74) is 1.47. The summed E-state index contributed by atoms with van der Waals surface area (Å²) in [6.45, 7) is 7.84. The van der Waals surface area contributed by atoms with E-state index in [2.05, 4.69) is 4.90 Å². The Morgan fingerprint density at radius 1 is 1.03 bits per heavy atom. The fourth-order valence-corrected chi connectivity index (χ4v) is 5.63. The Hall–Kier alpha value is -2.69. The minimum absolute atomic E-state index is 0.0439. The number of hydrogen-bond donors (Lipinski definition) is 0. The Morgan fingerprint density at radius 3 is 2.33 bits per heavy atom. The van der Waals surface area contributed by atoms with Crippen LogP contribution in [0.5, 0.6) is 5.75 Å². The molecule has 0 atom stereocenters. The predicted octanol–water partition coefficient (Wildman–Crippen LogP) is 3.35. The van der Waals surface area contributed by atoms with Gasteiger partial charge in [-0.25, -0.2) is 8.42 Å². The van der Waals surface area contributed by atoms with Crippen molar-refractivity contribution in [1.29, 1.82) is 0 Å². The largest absolute Gasteiger partial charge is 0.497 e. The molecule has 9 nitrogen and oxygen atoms in total. The quantitative estimate of drug-likeness (QED) is 0.404. The summed E-state index contributed by atoms with van der Waals surface area (Å²) in [6, 6.07) is 12.2. The van der Waals surface area contributed by atoms with Crippen LogP contribution in [0.2, 0.25) is 0 Å². The van der Waals surface area contributed by atoms with Gasteiger partial charge in [0.2, 0.25) is 10.0 Å². The lowest BCUT2D eigenvalue weighted by atomic mass is 10.2. The number of nitrogens with zero attached hydrogens (tertiary/aromatic N) is 4. The van der Waals surface area contributed by atoms with Crippen molar-refractivity contribution in [2.75, 3.05) is 51.3 Å². The van der Waals surface area contributed by atoms with Crippen LogP contribution < -0.4 is 9.64 Å². The summed E-state index contributed by atoms with van der Waals surface area (Å²) >= 11 is 0. The third-order valence-electron chi connectivity index (χ3n) is 5.98. The van der Waals surface area contributed by atoms with Crippen molar-refractivity contribution < 1.29 is 18.1 Å². The average Bonchev–Trinajstić information content (AvgIpc) is 3.05. The van der Waals surface area contributed by atoms with E-state index in [4.69, 9.17) is 4.74 Å². The van der Waals surface area contributed by atoms with Crippen LogP contribution in [0.25, 0.3) is 0 Å². The minimum atomic E-state index is -3.77. The van der Waals surface area contributed by atoms with Gasteiger partial charge in [-0.15, -0.1) is 0 Å². The third-order valence-corrected chi connectivity index (χ3v) is 8.03. The van der Waals surface area contributed by atoms with Gasteiger partial charge in [0.1, 0.15) is 11.4 Å². The van der Waals surface area contributed by atoms with Gasteiger partial charge in [-0.05, 0) is 36.2 Å². The van der Waals surface area contributed by atoms with Crippen molar-refractivity contribution in [2.45, 2.75) is 31.7 Å². The van der Waals surface area contributed by atoms with Crippen LogP contribution in [-0.2, 0) is 16.6 Å². The molecular formula is C23H32N4O5S. The lowest BCUT2D eigenvalue weighted by molar-refractivity contribution is -0.384. The first-order valence-corrected chi connectivity index (χ1v) is 12.6. The van der Waals surface area contributed by atoms with E-state index in [0.29, 0.717) is 31.9 Å². The van der Waals surface area contributed by atoms with E-state index in [9.17, 15) is 18.5 Å². The van der Waals surface area contributed by atoms with Crippen LogP contribution in [0.15, 0.2) is 47.4 Å². The van der Waals surface area contributed by atoms with Gasteiger partial charge >= 0.3 is 0 Å². The van der Waals surface area contributed by atoms with Gasteiger partial charge in [-0.2, -0.15) is 4.31 Å². The number of anilines is 1. The van der Waals surface area contributed by atoms with E-state index in [1.807, 2.05) is 29.2 Å². The number of ether oxygens (including phenoxy) is 1. The molecule has 2 aromatic rings. The standard InChI is InChI=1S/C23H32N4O5S/c1-4-26(5-2)33(30,31)21-11-12-22(23(17-21)27(28)29)25-14-6-13-24(15-16-25)18-19-7-9-20(32-3)10-8-19/h7-12,17H,4-6,13-16,18H2,1-3H3. The first-order valence-electron chi connectivity index (χ1n) is 11.2. The molecule has 1 aliphatic heterocycles. The molecule has 0 N–H and O–H groups in total. The molecule has 3 rings (SSSR count). The van der Waals surface area contributed by atoms with Crippen LogP contribution in [0.4, 0.5) is 11.4 Å². The molecule has 1 heterocycles. The molecule has 0 radical (unpaired) electrons. The monoisotopic (exact) mass is 476 g/mol. The molecule has 0 amide bonds. The molecule has 0 saturated carbocycles. The molecule has 33 heavy (non-hydrogen) atoms. The molecule has 180 valence electrons. The predicted molar refractivity (Wildman–Crippen MR) is 128 cm³/mol. The molecule has 10 heteroatoms. The van der Waals surface area contributed by atoms with Gasteiger partial charge in [0.05, 0.1) is 16.9 Å². The van der Waals surface area contributed by atoms with Crippen molar-refractivity contribution in [1.82, 2.24) is 9.21 Å². The Balaban J connectivity index is 1.77. The first kappa shape index (κ1) is 24.9. The van der Waals surface area contributed by atoms with Crippen LogP contribution in [0, 0.1) is 10.1 Å². The van der Waals surface area contributed by atoms with Gasteiger partial charge in [0, 0.05) is 51.9 Å². The topological polar surface area (TPSA) is 96.2 Å². The van der Waals surface area contributed by atoms with E-state index in [0.717, 1.165) is 31.8 Å². The molecule has 0 spiro atoms. The molecule has 1 saturated heterocycles. The van der Waals surface area contributed by atoms with E-state index in [1.165, 1.54) is 22.0 Å².